The Kier molecular flexibility index (Phi) is 6.83. The summed E-state index contributed by atoms with van der Waals surface area (Å²) in [4.78, 5) is 20.9. The van der Waals surface area contributed by atoms with Crippen LogP contribution in [0.2, 0.25) is 5.02 Å². The molecule has 0 saturated heterocycles. The van der Waals surface area contributed by atoms with Crippen LogP contribution in [0.4, 0.5) is 30.2 Å². The molecule has 0 saturated carbocycles. The maximum absolute atomic E-state index is 13.0. The molecule has 2 heterocycles. The number of amidine groups is 1. The summed E-state index contributed by atoms with van der Waals surface area (Å²) in [6, 6.07) is 14.2. The Morgan fingerprint density at radius 2 is 1.88 bits per heavy atom. The fraction of sp³-hybridized carbons (Fsp3) is 0.125. The van der Waals surface area contributed by atoms with Crippen molar-refractivity contribution >= 4 is 46.5 Å². The lowest BCUT2D eigenvalue weighted by Crippen LogP contribution is -2.20. The van der Waals surface area contributed by atoms with E-state index in [1.165, 1.54) is 12.1 Å². The van der Waals surface area contributed by atoms with Gasteiger partial charge in [0.1, 0.15) is 11.5 Å². The third-order valence-electron chi connectivity index (χ3n) is 4.82. The van der Waals surface area contributed by atoms with Crippen LogP contribution in [0.5, 0.6) is 0 Å². The Morgan fingerprint density at radius 3 is 2.65 bits per heavy atom. The summed E-state index contributed by atoms with van der Waals surface area (Å²) in [5.74, 6) is 0.187. The molecule has 1 aromatic heterocycles. The molecule has 0 fully saturated rings. The molecule has 0 radical (unpaired) electrons. The average molecular weight is 486 g/mol. The van der Waals surface area contributed by atoms with Crippen LogP contribution in [0.1, 0.15) is 16.8 Å². The highest BCUT2D eigenvalue weighted by atomic mass is 35.5. The van der Waals surface area contributed by atoms with Crippen molar-refractivity contribution in [1.29, 1.82) is 0 Å². The van der Waals surface area contributed by atoms with E-state index in [4.69, 9.17) is 11.6 Å². The predicted molar refractivity (Wildman–Crippen MR) is 127 cm³/mol. The summed E-state index contributed by atoms with van der Waals surface area (Å²) in [5.41, 5.74) is 2.06. The van der Waals surface area contributed by atoms with Crippen LogP contribution in [-0.2, 0) is 11.0 Å². The first-order valence-corrected chi connectivity index (χ1v) is 10.6. The molecule has 6 nitrogen and oxygen atoms in total. The number of aromatic nitrogens is 1. The van der Waals surface area contributed by atoms with Crippen LogP contribution < -0.4 is 16.0 Å². The third-order valence-corrected chi connectivity index (χ3v) is 5.15. The highest BCUT2D eigenvalue weighted by Crippen LogP contribution is 2.36. The second-order valence-electron chi connectivity index (χ2n) is 7.35. The van der Waals surface area contributed by atoms with E-state index in [-0.39, 0.29) is 5.69 Å². The van der Waals surface area contributed by atoms with Crippen LogP contribution in [0.3, 0.4) is 0 Å². The van der Waals surface area contributed by atoms with Crippen molar-refractivity contribution in [2.75, 3.05) is 23.7 Å². The Bertz CT molecular complexity index is 1270. The van der Waals surface area contributed by atoms with E-state index in [1.807, 2.05) is 30.3 Å². The second kappa shape index (κ2) is 9.96. The summed E-state index contributed by atoms with van der Waals surface area (Å²) in [6.45, 7) is 1.51. The summed E-state index contributed by atoms with van der Waals surface area (Å²) >= 11 is 5.61. The SMILES string of the molecule is O=C(C=Cc1cccc(Nc2ccnc(C3=NCCN3)c2)c1)Nc1ccc(Cl)c(C(F)(F)F)c1. The molecule has 3 aromatic rings. The van der Waals surface area contributed by atoms with Gasteiger partial charge in [-0.1, -0.05) is 23.7 Å². The van der Waals surface area contributed by atoms with Crippen LogP contribution in [-0.4, -0.2) is 29.8 Å². The zero-order valence-electron chi connectivity index (χ0n) is 17.7. The molecule has 4 rings (SSSR count). The normalized spacial score (nSPS) is 13.5. The first kappa shape index (κ1) is 23.3. The van der Waals surface area contributed by atoms with Crippen LogP contribution in [0, 0.1) is 0 Å². The van der Waals surface area contributed by atoms with E-state index in [9.17, 15) is 18.0 Å². The van der Waals surface area contributed by atoms with Gasteiger partial charge in [-0.2, -0.15) is 13.2 Å². The fourth-order valence-corrected chi connectivity index (χ4v) is 3.49. The van der Waals surface area contributed by atoms with E-state index >= 15 is 0 Å². The minimum atomic E-state index is -4.61. The Morgan fingerprint density at radius 1 is 1.06 bits per heavy atom. The highest BCUT2D eigenvalue weighted by molar-refractivity contribution is 6.31. The van der Waals surface area contributed by atoms with Gasteiger partial charge in [0.15, 0.2) is 0 Å². The summed E-state index contributed by atoms with van der Waals surface area (Å²) in [5, 5.41) is 8.45. The minimum Gasteiger partial charge on any atom is -0.367 e. The number of hydrogen-bond acceptors (Lipinski definition) is 5. The standard InChI is InChI=1S/C24H19ClF3N5O/c25-20-6-5-17(13-19(20)24(26,27)28)33-22(34)7-4-15-2-1-3-16(12-15)32-18-8-9-29-21(14-18)23-30-10-11-31-23/h1-9,12-14H,10-11H2,(H,29,32)(H,30,31)(H,33,34). The van der Waals surface area contributed by atoms with E-state index < -0.39 is 22.7 Å². The molecular formula is C24H19ClF3N5O. The Balaban J connectivity index is 1.42. The number of nitrogens with zero attached hydrogens (tertiary/aromatic N) is 2. The topological polar surface area (TPSA) is 78.4 Å². The van der Waals surface area contributed by atoms with Gasteiger partial charge in [-0.05, 0) is 54.1 Å². The predicted octanol–water partition coefficient (Wildman–Crippen LogP) is 5.50. The highest BCUT2D eigenvalue weighted by Gasteiger charge is 2.33. The zero-order chi connectivity index (χ0) is 24.1. The number of carbonyl (C=O) groups is 1. The Labute approximate surface area is 198 Å². The van der Waals surface area contributed by atoms with Gasteiger partial charge in [-0.15, -0.1) is 0 Å². The van der Waals surface area contributed by atoms with Crippen molar-refractivity contribution in [2.45, 2.75) is 6.18 Å². The van der Waals surface area contributed by atoms with Crippen LogP contribution in [0.25, 0.3) is 6.08 Å². The lowest BCUT2D eigenvalue weighted by Gasteiger charge is -2.11. The number of anilines is 3. The van der Waals surface area contributed by atoms with Gasteiger partial charge in [-0.25, -0.2) is 0 Å². The Hall–Kier alpha value is -3.85. The number of rotatable bonds is 6. The smallest absolute Gasteiger partial charge is 0.367 e. The molecule has 1 amide bonds. The number of halogens is 4. The summed E-state index contributed by atoms with van der Waals surface area (Å²) < 4.78 is 39.0. The number of amides is 1. The van der Waals surface area contributed by atoms with Gasteiger partial charge in [0.05, 0.1) is 17.1 Å². The third kappa shape index (κ3) is 5.93. The molecule has 0 aliphatic carbocycles. The van der Waals surface area contributed by atoms with Crippen molar-refractivity contribution < 1.29 is 18.0 Å². The van der Waals surface area contributed by atoms with Crippen molar-refractivity contribution in [3.05, 3.63) is 88.7 Å². The van der Waals surface area contributed by atoms with Crippen molar-refractivity contribution in [3.8, 4) is 0 Å². The van der Waals surface area contributed by atoms with Crippen LogP contribution >= 0.6 is 11.6 Å². The number of aliphatic imine (C=N–C) groups is 1. The van der Waals surface area contributed by atoms with Crippen molar-refractivity contribution in [1.82, 2.24) is 10.3 Å². The number of benzene rings is 2. The van der Waals surface area contributed by atoms with E-state index in [1.54, 1.807) is 18.3 Å². The lowest BCUT2D eigenvalue weighted by atomic mass is 10.1. The van der Waals surface area contributed by atoms with Crippen molar-refractivity contribution in [2.24, 2.45) is 4.99 Å². The molecule has 2 aromatic carbocycles. The van der Waals surface area contributed by atoms with Gasteiger partial charge in [0.25, 0.3) is 0 Å². The minimum absolute atomic E-state index is 0.00311. The van der Waals surface area contributed by atoms with E-state index in [0.29, 0.717) is 0 Å². The molecule has 3 N–H and O–H groups in total. The molecule has 10 heteroatoms. The second-order valence-corrected chi connectivity index (χ2v) is 7.76. The largest absolute Gasteiger partial charge is 0.417 e. The number of pyridine rings is 1. The quantitative estimate of drug-likeness (QED) is 0.403. The fourth-order valence-electron chi connectivity index (χ4n) is 3.27. The molecule has 0 spiro atoms. The summed E-state index contributed by atoms with van der Waals surface area (Å²) in [7, 11) is 0. The first-order valence-electron chi connectivity index (χ1n) is 10.3. The van der Waals surface area contributed by atoms with Gasteiger partial charge < -0.3 is 16.0 Å². The van der Waals surface area contributed by atoms with Gasteiger partial charge in [0.2, 0.25) is 5.91 Å². The monoisotopic (exact) mass is 485 g/mol. The molecule has 0 bridgehead atoms. The molecule has 34 heavy (non-hydrogen) atoms. The van der Waals surface area contributed by atoms with E-state index in [2.05, 4.69) is 25.9 Å². The van der Waals surface area contributed by atoms with E-state index in [0.717, 1.165) is 53.7 Å². The number of hydrogen-bond donors (Lipinski definition) is 3. The summed E-state index contributed by atoms with van der Waals surface area (Å²) in [6.07, 6.45) is -0.112. The lowest BCUT2D eigenvalue weighted by molar-refractivity contribution is -0.137. The maximum atomic E-state index is 13.0. The molecule has 1 aliphatic rings. The molecule has 174 valence electrons. The zero-order valence-corrected chi connectivity index (χ0v) is 18.4. The number of alkyl halides is 3. The maximum Gasteiger partial charge on any atom is 0.417 e. The van der Waals surface area contributed by atoms with Gasteiger partial charge in [-0.3, -0.25) is 14.8 Å². The molecule has 0 unspecified atom stereocenters. The van der Waals surface area contributed by atoms with Gasteiger partial charge in [0, 0.05) is 35.9 Å². The number of nitrogens with one attached hydrogen (secondary N) is 3. The molecule has 1 aliphatic heterocycles. The van der Waals surface area contributed by atoms with Crippen molar-refractivity contribution in [3.63, 3.8) is 0 Å². The first-order chi connectivity index (χ1) is 16.3. The number of carbonyl (C=O) groups excluding carboxylic acids is 1. The molecule has 0 atom stereocenters. The van der Waals surface area contributed by atoms with Crippen LogP contribution in [0.15, 0.2) is 71.9 Å². The van der Waals surface area contributed by atoms with Gasteiger partial charge >= 0.3 is 6.18 Å². The molecular weight excluding hydrogens is 467 g/mol. The average Bonchev–Trinajstić information content (AvgIpc) is 3.34.